The second-order valence-corrected chi connectivity index (χ2v) is 11.4. The minimum atomic E-state index is -3.73. The third-order valence-electron chi connectivity index (χ3n) is 6.71. The van der Waals surface area contributed by atoms with E-state index in [1.54, 1.807) is 36.4 Å². The Labute approximate surface area is 213 Å². The molecule has 0 saturated carbocycles. The maximum Gasteiger partial charge on any atom is 0.263 e. The van der Waals surface area contributed by atoms with Crippen LogP contribution in [-0.4, -0.2) is 67.3 Å². The lowest BCUT2D eigenvalue weighted by molar-refractivity contribution is -0.132. The van der Waals surface area contributed by atoms with Crippen molar-refractivity contribution in [2.75, 3.05) is 47.2 Å². The van der Waals surface area contributed by atoms with Gasteiger partial charge in [-0.15, -0.1) is 0 Å². The summed E-state index contributed by atoms with van der Waals surface area (Å²) < 4.78 is 45.0. The fraction of sp³-hybridized carbons (Fsp3) is 0.375. The van der Waals surface area contributed by atoms with Crippen molar-refractivity contribution in [2.24, 2.45) is 0 Å². The number of amides is 1. The smallest absolute Gasteiger partial charge is 0.263 e. The van der Waals surface area contributed by atoms with Gasteiger partial charge in [-0.25, -0.2) is 17.8 Å². The topological polar surface area (TPSA) is 98.7 Å². The number of anilines is 3. The molecule has 5 rings (SSSR count). The van der Waals surface area contributed by atoms with E-state index < -0.39 is 10.0 Å². The molecule has 0 aliphatic carbocycles. The standard InChI is InChI=1S/C24H27FN6O3S2/c1-17(31-10-2-3-18-15-19(25)4-9-22(18)31)23(32)30-13-11-29(12-14-30)20-5-7-21(8-6-20)36(33,34)28-24-26-16-27-35-24/h4-9,15-17H,2-3,10-14H2,1H3,(H,26,27,28)/t17-/m0/s1. The molecule has 2 aliphatic heterocycles. The molecule has 0 bridgehead atoms. The number of aryl methyl sites for hydroxylation is 1. The Morgan fingerprint density at radius 2 is 1.83 bits per heavy atom. The fourth-order valence-electron chi connectivity index (χ4n) is 4.81. The van der Waals surface area contributed by atoms with Gasteiger partial charge in [0.1, 0.15) is 18.2 Å². The van der Waals surface area contributed by atoms with Crippen LogP contribution in [-0.2, 0) is 21.2 Å². The highest BCUT2D eigenvalue weighted by atomic mass is 32.2. The van der Waals surface area contributed by atoms with E-state index in [1.165, 1.54) is 12.4 Å². The molecule has 1 amide bonds. The number of rotatable bonds is 6. The average Bonchev–Trinajstić information content (AvgIpc) is 3.40. The maximum atomic E-state index is 13.7. The first-order valence-corrected chi connectivity index (χ1v) is 14.1. The molecule has 0 spiro atoms. The predicted molar refractivity (Wildman–Crippen MR) is 137 cm³/mol. The molecule has 1 fully saturated rings. The average molecular weight is 531 g/mol. The van der Waals surface area contributed by atoms with Crippen LogP contribution in [0.5, 0.6) is 0 Å². The molecule has 1 N–H and O–H groups in total. The van der Waals surface area contributed by atoms with Crippen molar-refractivity contribution in [3.63, 3.8) is 0 Å². The van der Waals surface area contributed by atoms with E-state index in [4.69, 9.17) is 0 Å². The van der Waals surface area contributed by atoms with Gasteiger partial charge in [0, 0.05) is 55.6 Å². The van der Waals surface area contributed by atoms with E-state index in [9.17, 15) is 17.6 Å². The van der Waals surface area contributed by atoms with Crippen LogP contribution < -0.4 is 14.5 Å². The van der Waals surface area contributed by atoms with Gasteiger partial charge < -0.3 is 14.7 Å². The number of hydrogen-bond acceptors (Lipinski definition) is 8. The summed E-state index contributed by atoms with van der Waals surface area (Å²) in [6.07, 6.45) is 3.01. The zero-order chi connectivity index (χ0) is 25.3. The first-order chi connectivity index (χ1) is 17.3. The molecule has 3 heterocycles. The molecule has 12 heteroatoms. The molecular formula is C24H27FN6O3S2. The first kappa shape index (κ1) is 24.4. The number of nitrogens with one attached hydrogen (secondary N) is 1. The Kier molecular flexibility index (Phi) is 6.80. The summed E-state index contributed by atoms with van der Waals surface area (Å²) in [4.78, 5) is 23.4. The Morgan fingerprint density at radius 3 is 2.53 bits per heavy atom. The van der Waals surface area contributed by atoms with Crippen molar-refractivity contribution >= 4 is 44.0 Å². The van der Waals surface area contributed by atoms with Crippen LogP contribution in [0.3, 0.4) is 0 Å². The quantitative estimate of drug-likeness (QED) is 0.523. The maximum absolute atomic E-state index is 13.7. The van der Waals surface area contributed by atoms with E-state index in [0.717, 1.165) is 47.9 Å². The third kappa shape index (κ3) is 5.00. The highest BCUT2D eigenvalue weighted by molar-refractivity contribution is 7.93. The van der Waals surface area contributed by atoms with Crippen LogP contribution in [0.1, 0.15) is 18.9 Å². The predicted octanol–water partition coefficient (Wildman–Crippen LogP) is 2.97. The van der Waals surface area contributed by atoms with Gasteiger partial charge in [0.15, 0.2) is 0 Å². The van der Waals surface area contributed by atoms with Gasteiger partial charge in [-0.3, -0.25) is 9.52 Å². The molecule has 36 heavy (non-hydrogen) atoms. The number of piperazine rings is 1. The van der Waals surface area contributed by atoms with Gasteiger partial charge >= 0.3 is 0 Å². The number of aromatic nitrogens is 2. The number of benzene rings is 2. The molecule has 0 radical (unpaired) electrons. The lowest BCUT2D eigenvalue weighted by Gasteiger charge is -2.41. The van der Waals surface area contributed by atoms with Gasteiger partial charge in [0.25, 0.3) is 10.0 Å². The number of fused-ring (bicyclic) bond motifs is 1. The van der Waals surface area contributed by atoms with Crippen molar-refractivity contribution in [1.29, 1.82) is 0 Å². The SMILES string of the molecule is C[C@@H](C(=O)N1CCN(c2ccc(S(=O)(=O)Nc3ncns3)cc2)CC1)N1CCCc2cc(F)ccc21. The number of sulfonamides is 1. The molecule has 3 aromatic rings. The van der Waals surface area contributed by atoms with E-state index in [2.05, 4.69) is 23.9 Å². The molecular weight excluding hydrogens is 503 g/mol. The Balaban J connectivity index is 1.20. The van der Waals surface area contributed by atoms with Crippen molar-refractivity contribution in [3.05, 3.63) is 60.2 Å². The van der Waals surface area contributed by atoms with Crippen LogP contribution in [0.2, 0.25) is 0 Å². The van der Waals surface area contributed by atoms with E-state index in [0.29, 0.717) is 26.2 Å². The van der Waals surface area contributed by atoms with Crippen LogP contribution in [0, 0.1) is 5.82 Å². The van der Waals surface area contributed by atoms with Crippen molar-refractivity contribution in [2.45, 2.75) is 30.7 Å². The van der Waals surface area contributed by atoms with Crippen molar-refractivity contribution in [1.82, 2.24) is 14.3 Å². The first-order valence-electron chi connectivity index (χ1n) is 11.8. The van der Waals surface area contributed by atoms with E-state index in [1.807, 2.05) is 11.8 Å². The lowest BCUT2D eigenvalue weighted by Crippen LogP contribution is -2.55. The molecule has 1 saturated heterocycles. The second kappa shape index (κ2) is 10.0. The summed E-state index contributed by atoms with van der Waals surface area (Å²) in [5.74, 6) is -0.180. The Bertz CT molecular complexity index is 1330. The Hall–Kier alpha value is -3.25. The fourth-order valence-corrected chi connectivity index (χ4v) is 6.47. The van der Waals surface area contributed by atoms with E-state index in [-0.39, 0.29) is 27.8 Å². The van der Waals surface area contributed by atoms with Gasteiger partial charge in [-0.05, 0) is 67.8 Å². The summed E-state index contributed by atoms with van der Waals surface area (Å²) in [5, 5.41) is 0.217. The zero-order valence-corrected chi connectivity index (χ0v) is 21.4. The molecule has 9 nitrogen and oxygen atoms in total. The van der Waals surface area contributed by atoms with Gasteiger partial charge in [0.05, 0.1) is 4.90 Å². The normalized spacial score (nSPS) is 17.0. The monoisotopic (exact) mass is 530 g/mol. The number of nitrogens with zero attached hydrogens (tertiary/aromatic N) is 5. The lowest BCUT2D eigenvalue weighted by atomic mass is 9.99. The van der Waals surface area contributed by atoms with Crippen molar-refractivity contribution < 1.29 is 17.6 Å². The molecule has 2 aromatic carbocycles. The molecule has 190 valence electrons. The minimum Gasteiger partial charge on any atom is -0.368 e. The van der Waals surface area contributed by atoms with Gasteiger partial charge in [-0.2, -0.15) is 4.37 Å². The molecule has 1 atom stereocenters. The highest BCUT2D eigenvalue weighted by Crippen LogP contribution is 2.30. The number of carbonyl (C=O) groups is 1. The molecule has 1 aromatic heterocycles. The second-order valence-electron chi connectivity index (χ2n) is 8.90. The summed E-state index contributed by atoms with van der Waals surface area (Å²) in [7, 11) is -3.73. The van der Waals surface area contributed by atoms with Crippen molar-refractivity contribution in [3.8, 4) is 0 Å². The van der Waals surface area contributed by atoms with Crippen LogP contribution in [0.15, 0.2) is 53.7 Å². The summed E-state index contributed by atoms with van der Waals surface area (Å²) in [5.41, 5.74) is 2.80. The third-order valence-corrected chi connectivity index (χ3v) is 8.77. The highest BCUT2D eigenvalue weighted by Gasteiger charge is 2.31. The number of hydrogen-bond donors (Lipinski definition) is 1. The van der Waals surface area contributed by atoms with E-state index >= 15 is 0 Å². The molecule has 0 unspecified atom stereocenters. The van der Waals surface area contributed by atoms with Crippen LogP contribution >= 0.6 is 11.5 Å². The molecule has 2 aliphatic rings. The van der Waals surface area contributed by atoms with Gasteiger partial charge in [0.2, 0.25) is 11.0 Å². The minimum absolute atomic E-state index is 0.0658. The van der Waals surface area contributed by atoms with Gasteiger partial charge in [-0.1, -0.05) is 0 Å². The summed E-state index contributed by atoms with van der Waals surface area (Å²) >= 11 is 0.971. The number of halogens is 1. The largest absolute Gasteiger partial charge is 0.368 e. The van der Waals surface area contributed by atoms with Crippen LogP contribution in [0.25, 0.3) is 0 Å². The zero-order valence-electron chi connectivity index (χ0n) is 19.8. The Morgan fingerprint density at radius 1 is 1.08 bits per heavy atom. The number of carbonyl (C=O) groups excluding carboxylic acids is 1. The van der Waals surface area contributed by atoms with Crippen LogP contribution in [0.4, 0.5) is 20.9 Å². The summed E-state index contributed by atoms with van der Waals surface area (Å²) in [6, 6.07) is 11.2. The summed E-state index contributed by atoms with van der Waals surface area (Å²) in [6.45, 7) is 5.14.